The fourth-order valence-corrected chi connectivity index (χ4v) is 6.51. The van der Waals surface area contributed by atoms with E-state index in [1.165, 1.54) is 37.1 Å². The number of carbonyl (C=O) groups is 2. The third kappa shape index (κ3) is 3.17. The number of aromatic amines is 1. The van der Waals surface area contributed by atoms with Gasteiger partial charge in [-0.05, 0) is 42.0 Å². The summed E-state index contributed by atoms with van der Waals surface area (Å²) in [5.74, 6) is -1.29. The van der Waals surface area contributed by atoms with Crippen LogP contribution in [0.25, 0.3) is 10.9 Å². The van der Waals surface area contributed by atoms with Crippen molar-refractivity contribution in [3.8, 4) is 0 Å². The van der Waals surface area contributed by atoms with Crippen molar-refractivity contribution in [1.82, 2.24) is 4.98 Å². The van der Waals surface area contributed by atoms with Crippen molar-refractivity contribution in [3.05, 3.63) is 102 Å². The highest BCUT2D eigenvalue weighted by Crippen LogP contribution is 2.56. The first-order chi connectivity index (χ1) is 17.0. The smallest absolute Gasteiger partial charge is 0.332 e. The first-order valence-corrected chi connectivity index (χ1v) is 11.9. The lowest BCUT2D eigenvalue weighted by atomic mass is 9.71. The SMILES string of the molecule is COC(=O)/C=C1\Nc2ccccc2S[C@H]1[C@@]1(c2c[nH]c3ccccc23)C(=O)Nc2ccc(F)cc21. The summed E-state index contributed by atoms with van der Waals surface area (Å²) in [4.78, 5) is 30.7. The molecular weight excluding hydrogens is 465 g/mol. The third-order valence-electron chi connectivity index (χ3n) is 6.59. The van der Waals surface area contributed by atoms with Crippen LogP contribution in [0, 0.1) is 5.82 Å². The first kappa shape index (κ1) is 21.5. The van der Waals surface area contributed by atoms with Gasteiger partial charge in [0.1, 0.15) is 11.2 Å². The molecule has 3 heterocycles. The minimum Gasteiger partial charge on any atom is -0.466 e. The molecule has 4 aromatic rings. The molecule has 8 heteroatoms. The predicted octanol–water partition coefficient (Wildman–Crippen LogP) is 5.19. The number of aromatic nitrogens is 1. The van der Waals surface area contributed by atoms with E-state index in [9.17, 15) is 14.0 Å². The van der Waals surface area contributed by atoms with Crippen molar-refractivity contribution in [2.75, 3.05) is 17.7 Å². The zero-order chi connectivity index (χ0) is 24.2. The molecule has 6 rings (SSSR count). The van der Waals surface area contributed by atoms with Crippen LogP contribution in [0.2, 0.25) is 0 Å². The molecule has 0 spiro atoms. The van der Waals surface area contributed by atoms with Gasteiger partial charge in [0.2, 0.25) is 5.91 Å². The molecule has 0 aliphatic carbocycles. The molecule has 2 atom stereocenters. The van der Waals surface area contributed by atoms with Gasteiger partial charge in [0.15, 0.2) is 0 Å². The number of benzene rings is 3. The van der Waals surface area contributed by atoms with E-state index in [1.807, 2.05) is 48.5 Å². The molecule has 174 valence electrons. The number of amides is 1. The van der Waals surface area contributed by atoms with E-state index >= 15 is 0 Å². The third-order valence-corrected chi connectivity index (χ3v) is 8.04. The highest BCUT2D eigenvalue weighted by atomic mass is 32.2. The van der Waals surface area contributed by atoms with Crippen LogP contribution in [0.3, 0.4) is 0 Å². The van der Waals surface area contributed by atoms with E-state index in [-0.39, 0.29) is 5.91 Å². The Morgan fingerprint density at radius 3 is 2.69 bits per heavy atom. The molecule has 0 bridgehead atoms. The van der Waals surface area contributed by atoms with Crippen molar-refractivity contribution in [3.63, 3.8) is 0 Å². The minimum atomic E-state index is -1.35. The number of carbonyl (C=O) groups excluding carboxylic acids is 2. The van der Waals surface area contributed by atoms with Gasteiger partial charge in [0, 0.05) is 45.0 Å². The van der Waals surface area contributed by atoms with E-state index in [1.54, 1.807) is 12.3 Å². The maximum absolute atomic E-state index is 14.7. The number of hydrogen-bond acceptors (Lipinski definition) is 5. The van der Waals surface area contributed by atoms with Crippen LogP contribution < -0.4 is 10.6 Å². The van der Waals surface area contributed by atoms with Gasteiger partial charge in [-0.2, -0.15) is 0 Å². The summed E-state index contributed by atoms with van der Waals surface area (Å²) in [6.07, 6.45) is 3.18. The number of para-hydroxylation sites is 2. The van der Waals surface area contributed by atoms with Crippen molar-refractivity contribution in [1.29, 1.82) is 0 Å². The van der Waals surface area contributed by atoms with Gasteiger partial charge in [0.05, 0.1) is 18.0 Å². The van der Waals surface area contributed by atoms with Gasteiger partial charge in [-0.15, -0.1) is 11.8 Å². The Labute approximate surface area is 204 Å². The molecule has 2 aliphatic heterocycles. The Morgan fingerprint density at radius 1 is 1.03 bits per heavy atom. The quantitative estimate of drug-likeness (QED) is 0.275. The fraction of sp³-hybridized carbons (Fsp3) is 0.111. The number of nitrogens with one attached hydrogen (secondary N) is 3. The lowest BCUT2D eigenvalue weighted by molar-refractivity contribution is -0.135. The average molecular weight is 486 g/mol. The molecule has 6 nitrogen and oxygen atoms in total. The lowest BCUT2D eigenvalue weighted by Gasteiger charge is -2.40. The van der Waals surface area contributed by atoms with Crippen LogP contribution >= 0.6 is 11.8 Å². The summed E-state index contributed by atoms with van der Waals surface area (Å²) in [7, 11) is 1.31. The Morgan fingerprint density at radius 2 is 1.83 bits per heavy atom. The molecular formula is C27H20FN3O3S. The number of esters is 1. The highest BCUT2D eigenvalue weighted by molar-refractivity contribution is 8.00. The summed E-state index contributed by atoms with van der Waals surface area (Å²) < 4.78 is 19.6. The molecule has 0 saturated carbocycles. The van der Waals surface area contributed by atoms with E-state index in [0.29, 0.717) is 22.5 Å². The summed E-state index contributed by atoms with van der Waals surface area (Å²) in [5, 5.41) is 6.54. The van der Waals surface area contributed by atoms with E-state index in [0.717, 1.165) is 21.5 Å². The van der Waals surface area contributed by atoms with Gasteiger partial charge in [-0.3, -0.25) is 4.79 Å². The Hall–Kier alpha value is -4.04. The molecule has 3 aromatic carbocycles. The maximum Gasteiger partial charge on any atom is 0.332 e. The molecule has 0 fully saturated rings. The van der Waals surface area contributed by atoms with Gasteiger partial charge in [0.25, 0.3) is 0 Å². The van der Waals surface area contributed by atoms with E-state index < -0.39 is 22.5 Å². The second kappa shape index (κ2) is 8.02. The van der Waals surface area contributed by atoms with Crippen LogP contribution in [-0.4, -0.2) is 29.2 Å². The zero-order valence-corrected chi connectivity index (χ0v) is 19.4. The fourth-order valence-electron chi connectivity index (χ4n) is 5.07. The largest absolute Gasteiger partial charge is 0.466 e. The van der Waals surface area contributed by atoms with Crippen LogP contribution in [-0.2, 0) is 19.7 Å². The molecule has 1 aromatic heterocycles. The van der Waals surface area contributed by atoms with Crippen molar-refractivity contribution in [2.45, 2.75) is 15.6 Å². The first-order valence-electron chi connectivity index (χ1n) is 11.0. The summed E-state index contributed by atoms with van der Waals surface area (Å²) in [6.45, 7) is 0. The normalized spacial score (nSPS) is 21.8. The summed E-state index contributed by atoms with van der Waals surface area (Å²) >= 11 is 1.46. The van der Waals surface area contributed by atoms with Crippen molar-refractivity contribution < 1.29 is 18.7 Å². The predicted molar refractivity (Wildman–Crippen MR) is 134 cm³/mol. The van der Waals surface area contributed by atoms with Crippen LogP contribution in [0.15, 0.2) is 89.6 Å². The Balaban J connectivity index is 1.69. The number of anilines is 2. The second-order valence-corrected chi connectivity index (χ2v) is 9.59. The molecule has 0 saturated heterocycles. The molecule has 0 radical (unpaired) electrons. The maximum atomic E-state index is 14.7. The Kier molecular flexibility index (Phi) is 4.93. The van der Waals surface area contributed by atoms with Gasteiger partial charge in [-0.1, -0.05) is 30.3 Å². The number of fused-ring (bicyclic) bond motifs is 3. The number of methoxy groups -OCH3 is 1. The molecule has 2 aliphatic rings. The van der Waals surface area contributed by atoms with Crippen LogP contribution in [0.1, 0.15) is 11.1 Å². The van der Waals surface area contributed by atoms with Crippen LogP contribution in [0.4, 0.5) is 15.8 Å². The number of H-pyrrole nitrogens is 1. The summed E-state index contributed by atoms with van der Waals surface area (Å²) in [5.41, 5.74) is 2.58. The van der Waals surface area contributed by atoms with E-state index in [2.05, 4.69) is 15.6 Å². The average Bonchev–Trinajstić information content (AvgIpc) is 3.42. The second-order valence-electron chi connectivity index (χ2n) is 8.44. The number of hydrogen-bond donors (Lipinski definition) is 3. The van der Waals surface area contributed by atoms with Crippen LogP contribution in [0.5, 0.6) is 0 Å². The van der Waals surface area contributed by atoms with E-state index in [4.69, 9.17) is 4.74 Å². The zero-order valence-electron chi connectivity index (χ0n) is 18.6. The monoisotopic (exact) mass is 485 g/mol. The topological polar surface area (TPSA) is 83.2 Å². The highest BCUT2D eigenvalue weighted by Gasteiger charge is 2.57. The molecule has 1 amide bonds. The minimum absolute atomic E-state index is 0.294. The molecule has 35 heavy (non-hydrogen) atoms. The number of thioether (sulfide) groups is 1. The van der Waals surface area contributed by atoms with Gasteiger partial charge in [-0.25, -0.2) is 9.18 Å². The Bertz CT molecular complexity index is 1550. The number of rotatable bonds is 3. The molecule has 0 unspecified atom stereocenters. The van der Waals surface area contributed by atoms with Gasteiger partial charge < -0.3 is 20.4 Å². The number of halogens is 1. The standard InChI is InChI=1S/C27H20FN3O3S/c1-34-24(32)13-22-25(35-23-9-5-4-8-21(23)30-22)27(18-14-29-19-7-3-2-6-16(18)19)17-12-15(28)10-11-20(17)31-26(27)33/h2-14,25,29-30H,1H3,(H,31,33)/b22-13-/t25-,27-/m1/s1. The molecule has 3 N–H and O–H groups in total. The van der Waals surface area contributed by atoms with Crippen molar-refractivity contribution >= 4 is 45.9 Å². The van der Waals surface area contributed by atoms with Crippen molar-refractivity contribution in [2.24, 2.45) is 0 Å². The lowest BCUT2D eigenvalue weighted by Crippen LogP contribution is -2.48. The van der Waals surface area contributed by atoms with Gasteiger partial charge >= 0.3 is 5.97 Å². The summed E-state index contributed by atoms with van der Waals surface area (Å²) in [6, 6.07) is 19.7. The number of ether oxygens (including phenoxy) is 1.